The largest absolute Gasteiger partial charge is 0.508 e. The van der Waals surface area contributed by atoms with Crippen LogP contribution in [-0.2, 0) is 0 Å². The SMILES string of the molecule is O/C(=C\[C@@H](c1ccccc1)[C@@H](/C=C(\O)c1ccccc1)c1ccccc1)c1ccccc1. The summed E-state index contributed by atoms with van der Waals surface area (Å²) in [7, 11) is 0. The fourth-order valence-corrected chi connectivity index (χ4v) is 3.92. The Balaban J connectivity index is 1.85. The van der Waals surface area contributed by atoms with Gasteiger partial charge in [-0.25, -0.2) is 0 Å². The van der Waals surface area contributed by atoms with Gasteiger partial charge in [0.15, 0.2) is 0 Å². The van der Waals surface area contributed by atoms with E-state index in [1.54, 1.807) is 0 Å². The molecule has 0 aliphatic carbocycles. The molecule has 0 saturated heterocycles. The maximum atomic E-state index is 11.0. The average molecular weight is 419 g/mol. The van der Waals surface area contributed by atoms with E-state index in [4.69, 9.17) is 0 Å². The molecule has 0 amide bonds. The molecule has 0 saturated carbocycles. The maximum Gasteiger partial charge on any atom is 0.119 e. The van der Waals surface area contributed by atoms with Gasteiger partial charge in [0.1, 0.15) is 11.5 Å². The van der Waals surface area contributed by atoms with Crippen LogP contribution >= 0.6 is 0 Å². The summed E-state index contributed by atoms with van der Waals surface area (Å²) in [4.78, 5) is 0. The second kappa shape index (κ2) is 10.3. The van der Waals surface area contributed by atoms with Gasteiger partial charge in [0.2, 0.25) is 0 Å². The maximum absolute atomic E-state index is 11.0. The van der Waals surface area contributed by atoms with Crippen molar-refractivity contribution in [3.8, 4) is 0 Å². The Bertz CT molecular complexity index is 1070. The van der Waals surface area contributed by atoms with Crippen LogP contribution in [0.4, 0.5) is 0 Å². The Morgan fingerprint density at radius 1 is 0.438 bits per heavy atom. The zero-order chi connectivity index (χ0) is 22.2. The molecule has 0 aliphatic rings. The molecule has 2 atom stereocenters. The first-order valence-corrected chi connectivity index (χ1v) is 10.7. The quantitative estimate of drug-likeness (QED) is 0.301. The number of hydrogen-bond acceptors (Lipinski definition) is 2. The van der Waals surface area contributed by atoms with Crippen LogP contribution in [0.25, 0.3) is 11.5 Å². The minimum absolute atomic E-state index is 0.190. The van der Waals surface area contributed by atoms with E-state index < -0.39 is 0 Å². The lowest BCUT2D eigenvalue weighted by Crippen LogP contribution is -2.09. The number of hydrogen-bond donors (Lipinski definition) is 2. The normalized spacial score (nSPS) is 14.0. The Morgan fingerprint density at radius 3 is 1.03 bits per heavy atom. The first kappa shape index (κ1) is 21.2. The van der Waals surface area contributed by atoms with Gasteiger partial charge in [-0.05, 0) is 23.3 Å². The lowest BCUT2D eigenvalue weighted by atomic mass is 9.80. The molecule has 0 unspecified atom stereocenters. The van der Waals surface area contributed by atoms with Crippen LogP contribution in [0.15, 0.2) is 133 Å². The van der Waals surface area contributed by atoms with Gasteiger partial charge in [-0.15, -0.1) is 0 Å². The number of allylic oxidation sites excluding steroid dienone is 2. The van der Waals surface area contributed by atoms with Gasteiger partial charge in [-0.1, -0.05) is 121 Å². The third kappa shape index (κ3) is 5.16. The highest BCUT2D eigenvalue weighted by atomic mass is 16.3. The summed E-state index contributed by atoms with van der Waals surface area (Å²) in [6.45, 7) is 0. The fraction of sp³-hybridized carbons (Fsp3) is 0.0667. The zero-order valence-corrected chi connectivity index (χ0v) is 17.8. The molecule has 0 bridgehead atoms. The molecule has 0 aliphatic heterocycles. The minimum Gasteiger partial charge on any atom is -0.508 e. The van der Waals surface area contributed by atoms with E-state index >= 15 is 0 Å². The standard InChI is InChI=1S/C30H26O2/c31-29(25-17-9-3-10-18-25)21-27(23-13-5-1-6-14-23)28(24-15-7-2-8-16-24)22-30(32)26-19-11-4-12-20-26/h1-22,27-28,31-32H/b29-21-,30-22-/t27-,28-/m0/s1. The van der Waals surface area contributed by atoms with E-state index in [1.807, 2.05) is 109 Å². The monoisotopic (exact) mass is 418 g/mol. The van der Waals surface area contributed by atoms with Gasteiger partial charge in [-0.2, -0.15) is 0 Å². The highest BCUT2D eigenvalue weighted by molar-refractivity contribution is 5.63. The number of rotatable bonds is 7. The van der Waals surface area contributed by atoms with Gasteiger partial charge in [0.05, 0.1) is 0 Å². The second-order valence-electron chi connectivity index (χ2n) is 7.71. The molecule has 2 nitrogen and oxygen atoms in total. The number of aliphatic hydroxyl groups excluding tert-OH is 2. The number of aliphatic hydroxyl groups is 2. The summed E-state index contributed by atoms with van der Waals surface area (Å²) >= 11 is 0. The van der Waals surface area contributed by atoms with E-state index in [0.717, 1.165) is 22.3 Å². The molecule has 0 spiro atoms. The molecule has 4 rings (SSSR count). The summed E-state index contributed by atoms with van der Waals surface area (Å²) in [5, 5.41) is 22.0. The van der Waals surface area contributed by atoms with Crippen molar-refractivity contribution in [2.45, 2.75) is 11.8 Å². The van der Waals surface area contributed by atoms with Gasteiger partial charge in [-0.3, -0.25) is 0 Å². The minimum atomic E-state index is -0.190. The van der Waals surface area contributed by atoms with E-state index in [2.05, 4.69) is 24.3 Å². The first-order chi connectivity index (χ1) is 15.7. The van der Waals surface area contributed by atoms with Gasteiger partial charge < -0.3 is 10.2 Å². The molecular formula is C30H26O2. The fourth-order valence-electron chi connectivity index (χ4n) is 3.92. The van der Waals surface area contributed by atoms with Crippen molar-refractivity contribution < 1.29 is 10.2 Å². The third-order valence-electron chi connectivity index (χ3n) is 5.57. The zero-order valence-electron chi connectivity index (χ0n) is 17.8. The molecule has 2 N–H and O–H groups in total. The van der Waals surface area contributed by atoms with Crippen LogP contribution in [0.5, 0.6) is 0 Å². The van der Waals surface area contributed by atoms with Crippen LogP contribution < -0.4 is 0 Å². The molecule has 0 fully saturated rings. The van der Waals surface area contributed by atoms with Crippen molar-refractivity contribution in [3.05, 3.63) is 156 Å². The van der Waals surface area contributed by atoms with E-state index in [0.29, 0.717) is 0 Å². The van der Waals surface area contributed by atoms with Crippen LogP contribution in [0.2, 0.25) is 0 Å². The molecule has 4 aromatic carbocycles. The molecule has 4 aromatic rings. The molecule has 2 heteroatoms. The van der Waals surface area contributed by atoms with Crippen LogP contribution in [0.1, 0.15) is 34.1 Å². The van der Waals surface area contributed by atoms with E-state index in [-0.39, 0.29) is 23.4 Å². The van der Waals surface area contributed by atoms with Gasteiger partial charge >= 0.3 is 0 Å². The van der Waals surface area contributed by atoms with Crippen LogP contribution in [0, 0.1) is 0 Å². The molecular weight excluding hydrogens is 392 g/mol. The smallest absolute Gasteiger partial charge is 0.119 e. The van der Waals surface area contributed by atoms with Crippen molar-refractivity contribution in [2.24, 2.45) is 0 Å². The lowest BCUT2D eigenvalue weighted by Gasteiger charge is -2.24. The Hall–Kier alpha value is -4.04. The summed E-state index contributed by atoms with van der Waals surface area (Å²) < 4.78 is 0. The molecule has 0 radical (unpaired) electrons. The average Bonchev–Trinajstić information content (AvgIpc) is 2.88. The predicted octanol–water partition coefficient (Wildman–Crippen LogP) is 7.75. The third-order valence-corrected chi connectivity index (χ3v) is 5.57. The van der Waals surface area contributed by atoms with Crippen LogP contribution in [-0.4, -0.2) is 10.2 Å². The Morgan fingerprint density at radius 2 is 0.719 bits per heavy atom. The van der Waals surface area contributed by atoms with Crippen molar-refractivity contribution in [3.63, 3.8) is 0 Å². The summed E-state index contributed by atoms with van der Waals surface area (Å²) in [6, 6.07) is 39.3. The topological polar surface area (TPSA) is 40.5 Å². The Kier molecular flexibility index (Phi) is 6.84. The predicted molar refractivity (Wildman–Crippen MR) is 132 cm³/mol. The van der Waals surface area contributed by atoms with Crippen molar-refractivity contribution in [1.82, 2.24) is 0 Å². The van der Waals surface area contributed by atoms with Gasteiger partial charge in [0, 0.05) is 23.0 Å². The highest BCUT2D eigenvalue weighted by Crippen LogP contribution is 2.38. The summed E-state index contributed by atoms with van der Waals surface area (Å²) in [6.07, 6.45) is 3.77. The first-order valence-electron chi connectivity index (χ1n) is 10.7. The molecule has 0 heterocycles. The molecule has 32 heavy (non-hydrogen) atoms. The van der Waals surface area contributed by atoms with Gasteiger partial charge in [0.25, 0.3) is 0 Å². The summed E-state index contributed by atoms with van der Waals surface area (Å²) in [5.74, 6) is 0.0512. The highest BCUT2D eigenvalue weighted by Gasteiger charge is 2.23. The summed E-state index contributed by atoms with van der Waals surface area (Å²) in [5.41, 5.74) is 3.63. The van der Waals surface area contributed by atoms with Crippen molar-refractivity contribution in [1.29, 1.82) is 0 Å². The Labute approximate surface area is 189 Å². The van der Waals surface area contributed by atoms with Crippen molar-refractivity contribution >= 4 is 11.5 Å². The second-order valence-corrected chi connectivity index (χ2v) is 7.71. The molecule has 0 aromatic heterocycles. The van der Waals surface area contributed by atoms with Crippen LogP contribution in [0.3, 0.4) is 0 Å². The number of benzene rings is 4. The lowest BCUT2D eigenvalue weighted by molar-refractivity contribution is 0.499. The van der Waals surface area contributed by atoms with E-state index in [1.165, 1.54) is 0 Å². The molecule has 158 valence electrons. The van der Waals surface area contributed by atoms with Crippen molar-refractivity contribution in [2.75, 3.05) is 0 Å². The van der Waals surface area contributed by atoms with E-state index in [9.17, 15) is 10.2 Å².